The van der Waals surface area contributed by atoms with E-state index in [0.29, 0.717) is 24.0 Å². The molecule has 1 aromatic rings. The number of likely N-dealkylation sites (tertiary alicyclic amines) is 2. The van der Waals surface area contributed by atoms with Crippen molar-refractivity contribution in [3.8, 4) is 0 Å². The van der Waals surface area contributed by atoms with Crippen LogP contribution in [0, 0.1) is 29.9 Å². The van der Waals surface area contributed by atoms with Crippen molar-refractivity contribution in [1.29, 1.82) is 0 Å². The quantitative estimate of drug-likeness (QED) is 0.606. The molecule has 3 rings (SSSR count). The Balaban J connectivity index is 1.55. The van der Waals surface area contributed by atoms with Crippen molar-refractivity contribution in [3.63, 3.8) is 0 Å². The number of hydrogen-bond acceptors (Lipinski definition) is 5. The van der Waals surface area contributed by atoms with E-state index in [1.54, 1.807) is 18.5 Å². The molecule has 0 N–H and O–H groups in total. The van der Waals surface area contributed by atoms with Gasteiger partial charge in [0.05, 0.1) is 11.6 Å². The first-order valence-corrected chi connectivity index (χ1v) is 9.67. The van der Waals surface area contributed by atoms with Crippen LogP contribution in [0.4, 0.5) is 5.69 Å². The Labute approximate surface area is 154 Å². The van der Waals surface area contributed by atoms with Crippen LogP contribution in [0.25, 0.3) is 0 Å². The van der Waals surface area contributed by atoms with Crippen molar-refractivity contribution < 1.29 is 9.72 Å². The zero-order valence-corrected chi connectivity index (χ0v) is 15.8. The topological polar surface area (TPSA) is 84.5 Å². The average Bonchev–Trinajstić information content (AvgIpc) is 2.81. The minimum atomic E-state index is -0.361. The summed E-state index contributed by atoms with van der Waals surface area (Å²) in [5.74, 6) is 0.451. The van der Waals surface area contributed by atoms with Crippen LogP contribution in [0.5, 0.6) is 0 Å². The molecule has 26 heavy (non-hydrogen) atoms. The monoisotopic (exact) mass is 363 g/mol. The van der Waals surface area contributed by atoms with Gasteiger partial charge in [0.15, 0.2) is 0 Å². The fraction of sp³-hybridized carbons (Fsp3) is 0.778. The van der Waals surface area contributed by atoms with Gasteiger partial charge in [0.25, 0.3) is 0 Å². The van der Waals surface area contributed by atoms with Crippen LogP contribution in [0.2, 0.25) is 0 Å². The van der Waals surface area contributed by atoms with E-state index in [1.165, 1.54) is 12.8 Å². The Morgan fingerprint density at radius 1 is 1.12 bits per heavy atom. The number of hydrogen-bond donors (Lipinski definition) is 0. The third kappa shape index (κ3) is 4.06. The van der Waals surface area contributed by atoms with Crippen molar-refractivity contribution >= 4 is 11.6 Å². The Morgan fingerprint density at radius 3 is 2.27 bits per heavy atom. The summed E-state index contributed by atoms with van der Waals surface area (Å²) in [5, 5.41) is 15.5. The summed E-state index contributed by atoms with van der Waals surface area (Å²) in [7, 11) is 0. The molecule has 3 heterocycles. The molecule has 0 aromatic carbocycles. The lowest BCUT2D eigenvalue weighted by molar-refractivity contribution is -0.386. The van der Waals surface area contributed by atoms with Gasteiger partial charge in [-0.2, -0.15) is 5.10 Å². The van der Waals surface area contributed by atoms with Gasteiger partial charge in [0, 0.05) is 32.1 Å². The first-order valence-electron chi connectivity index (χ1n) is 9.67. The molecule has 8 heteroatoms. The van der Waals surface area contributed by atoms with E-state index in [0.717, 1.165) is 51.9 Å². The lowest BCUT2D eigenvalue weighted by atomic mass is 9.95. The molecular weight excluding hydrogens is 334 g/mol. The van der Waals surface area contributed by atoms with E-state index < -0.39 is 0 Å². The number of carbonyl (C=O) groups excluding carboxylic acids is 1. The van der Waals surface area contributed by atoms with Crippen LogP contribution in [-0.2, 0) is 11.5 Å². The fourth-order valence-electron chi connectivity index (χ4n) is 4.15. The highest BCUT2D eigenvalue weighted by Crippen LogP contribution is 2.25. The average molecular weight is 363 g/mol. The number of nitrogens with zero attached hydrogens (tertiary/aromatic N) is 5. The maximum absolute atomic E-state index is 12.8. The van der Waals surface area contributed by atoms with Crippen LogP contribution in [0.1, 0.15) is 49.9 Å². The summed E-state index contributed by atoms with van der Waals surface area (Å²) in [6.07, 6.45) is 6.43. The second-order valence-electron chi connectivity index (χ2n) is 7.55. The molecule has 2 aliphatic heterocycles. The molecule has 0 unspecified atom stereocenters. The van der Waals surface area contributed by atoms with E-state index >= 15 is 0 Å². The van der Waals surface area contributed by atoms with Crippen molar-refractivity contribution in [2.75, 3.05) is 26.2 Å². The smallest absolute Gasteiger partial charge is 0.312 e. The van der Waals surface area contributed by atoms with Crippen LogP contribution < -0.4 is 0 Å². The summed E-state index contributed by atoms with van der Waals surface area (Å²) in [6, 6.07) is 0. The van der Waals surface area contributed by atoms with Gasteiger partial charge < -0.3 is 4.90 Å². The highest BCUT2D eigenvalue weighted by atomic mass is 16.6. The van der Waals surface area contributed by atoms with E-state index in [9.17, 15) is 14.9 Å². The number of carbonyl (C=O) groups is 1. The number of aryl methyl sites for hydroxylation is 1. The summed E-state index contributed by atoms with van der Waals surface area (Å²) in [5.41, 5.74) is 1.16. The Bertz CT molecular complexity index is 656. The zero-order valence-electron chi connectivity index (χ0n) is 15.8. The molecular formula is C18H29N5O3. The molecule has 2 saturated heterocycles. The molecule has 0 radical (unpaired) electrons. The van der Waals surface area contributed by atoms with Crippen LogP contribution in [0.15, 0.2) is 0 Å². The van der Waals surface area contributed by atoms with Crippen LogP contribution in [0.3, 0.4) is 0 Å². The summed E-state index contributed by atoms with van der Waals surface area (Å²) in [4.78, 5) is 27.8. The minimum Gasteiger partial charge on any atom is -0.342 e. The number of amides is 1. The molecule has 0 saturated carbocycles. The van der Waals surface area contributed by atoms with Gasteiger partial charge in [-0.05, 0) is 39.5 Å². The summed E-state index contributed by atoms with van der Waals surface area (Å²) in [6.45, 7) is 7.45. The van der Waals surface area contributed by atoms with Gasteiger partial charge in [-0.1, -0.05) is 12.8 Å². The predicted molar refractivity (Wildman–Crippen MR) is 97.7 cm³/mol. The highest BCUT2D eigenvalue weighted by molar-refractivity contribution is 5.79. The number of aromatic nitrogens is 2. The first kappa shape index (κ1) is 18.8. The molecule has 0 atom stereocenters. The normalized spacial score (nSPS) is 20.2. The predicted octanol–water partition coefficient (Wildman–Crippen LogP) is 2.48. The van der Waals surface area contributed by atoms with E-state index in [2.05, 4.69) is 14.9 Å². The Kier molecular flexibility index (Phi) is 5.90. The van der Waals surface area contributed by atoms with Crippen LogP contribution >= 0.6 is 0 Å². The highest BCUT2D eigenvalue weighted by Gasteiger charge is 2.30. The van der Waals surface area contributed by atoms with Crippen molar-refractivity contribution in [3.05, 3.63) is 21.5 Å². The largest absolute Gasteiger partial charge is 0.342 e. The van der Waals surface area contributed by atoms with Crippen molar-refractivity contribution in [2.45, 2.75) is 59.0 Å². The van der Waals surface area contributed by atoms with Gasteiger partial charge in [-0.15, -0.1) is 0 Å². The Hall–Kier alpha value is -1.96. The van der Waals surface area contributed by atoms with Gasteiger partial charge in [-0.3, -0.25) is 19.8 Å². The summed E-state index contributed by atoms with van der Waals surface area (Å²) >= 11 is 0. The standard InChI is InChI=1S/C18H29N5O3/c1-14-17(23(25)26)15(2)22(19-14)13-20-11-7-16(8-12-20)18(24)21-9-5-3-4-6-10-21/h16H,3-13H2,1-2H3. The second kappa shape index (κ2) is 8.16. The van der Waals surface area contributed by atoms with Gasteiger partial charge in [-0.25, -0.2) is 4.68 Å². The maximum atomic E-state index is 12.8. The van der Waals surface area contributed by atoms with Crippen LogP contribution in [-0.4, -0.2) is 56.6 Å². The molecule has 8 nitrogen and oxygen atoms in total. The molecule has 144 valence electrons. The van der Waals surface area contributed by atoms with Crippen molar-refractivity contribution in [1.82, 2.24) is 19.6 Å². The lowest BCUT2D eigenvalue weighted by Gasteiger charge is -2.34. The summed E-state index contributed by atoms with van der Waals surface area (Å²) < 4.78 is 1.71. The molecule has 2 fully saturated rings. The van der Waals surface area contributed by atoms with E-state index in [4.69, 9.17) is 0 Å². The number of nitro groups is 1. The third-order valence-electron chi connectivity index (χ3n) is 5.71. The van der Waals surface area contributed by atoms with E-state index in [1.807, 2.05) is 0 Å². The molecule has 0 bridgehead atoms. The van der Waals surface area contributed by atoms with Gasteiger partial charge >= 0.3 is 5.69 Å². The van der Waals surface area contributed by atoms with Crippen molar-refractivity contribution in [2.24, 2.45) is 5.92 Å². The maximum Gasteiger partial charge on any atom is 0.312 e. The van der Waals surface area contributed by atoms with E-state index in [-0.39, 0.29) is 16.5 Å². The lowest BCUT2D eigenvalue weighted by Crippen LogP contribution is -2.43. The first-order chi connectivity index (χ1) is 12.5. The molecule has 1 amide bonds. The minimum absolute atomic E-state index is 0.108. The molecule has 0 aliphatic carbocycles. The SMILES string of the molecule is Cc1nn(CN2CCC(C(=O)N3CCCCCC3)CC2)c(C)c1[N+](=O)[O-]. The number of piperidine rings is 1. The molecule has 2 aliphatic rings. The fourth-order valence-corrected chi connectivity index (χ4v) is 4.15. The van der Waals surface area contributed by atoms with Gasteiger partial charge in [0.1, 0.15) is 11.4 Å². The van der Waals surface area contributed by atoms with Gasteiger partial charge in [0.2, 0.25) is 5.91 Å². The number of rotatable bonds is 4. The molecule has 1 aromatic heterocycles. The zero-order chi connectivity index (χ0) is 18.7. The Morgan fingerprint density at radius 2 is 1.73 bits per heavy atom. The third-order valence-corrected chi connectivity index (χ3v) is 5.71. The molecule has 0 spiro atoms. The second-order valence-corrected chi connectivity index (χ2v) is 7.55.